The Labute approximate surface area is 261 Å². The molecule has 0 aliphatic heterocycles. The molecule has 220 valence electrons. The Morgan fingerprint density at radius 2 is 1.56 bits per heavy atom. The number of pyridine rings is 1. The van der Waals surface area contributed by atoms with E-state index in [1.807, 2.05) is 72.8 Å². The number of rotatable bonds is 8. The van der Waals surface area contributed by atoms with Gasteiger partial charge in [0.05, 0.1) is 11.4 Å². The molecule has 0 bridgehead atoms. The molecule has 4 N–H and O–H groups in total. The van der Waals surface area contributed by atoms with Gasteiger partial charge in [0, 0.05) is 23.9 Å². The van der Waals surface area contributed by atoms with Crippen LogP contribution >= 0.6 is 0 Å². The van der Waals surface area contributed by atoms with Gasteiger partial charge >= 0.3 is 0 Å². The van der Waals surface area contributed by atoms with Gasteiger partial charge in [-0.3, -0.25) is 4.98 Å². The average molecular weight is 591 g/mol. The molecule has 0 aliphatic carbocycles. The number of fused-ring (bicyclic) bond motifs is 1. The summed E-state index contributed by atoms with van der Waals surface area (Å²) in [5, 5.41) is 44.9. The molecule has 4 aromatic carbocycles. The standard InChI is InChI=1S/C37H30BN3O4/c1-2-8-24(17-16-22-9-7-18-39-21-22)29-20-30(41-37(40-29)31-33(42)32(38)35(44)36(45)34(31)43)26-13-5-12-25(19-26)28-15-6-11-23-10-3-4-14-27(23)28/h2-7,9-21,24,42-45H,1,8,38H2/b17-16+. The summed E-state index contributed by atoms with van der Waals surface area (Å²) in [4.78, 5) is 13.7. The zero-order valence-electron chi connectivity index (χ0n) is 24.6. The molecule has 8 heteroatoms. The molecule has 0 spiro atoms. The maximum Gasteiger partial charge on any atom is 0.200 e. The largest absolute Gasteiger partial charge is 0.507 e. The van der Waals surface area contributed by atoms with E-state index in [1.165, 1.54) is 7.85 Å². The summed E-state index contributed by atoms with van der Waals surface area (Å²) in [7, 11) is 1.43. The highest BCUT2D eigenvalue weighted by Gasteiger charge is 2.25. The number of aromatic hydroxyl groups is 4. The van der Waals surface area contributed by atoms with Crippen LogP contribution in [0.1, 0.15) is 23.6 Å². The van der Waals surface area contributed by atoms with Gasteiger partial charge in [0.1, 0.15) is 19.2 Å². The van der Waals surface area contributed by atoms with Crippen molar-refractivity contribution in [3.63, 3.8) is 0 Å². The van der Waals surface area contributed by atoms with Crippen LogP contribution in [0.5, 0.6) is 23.0 Å². The quantitative estimate of drug-likeness (QED) is 0.0693. The van der Waals surface area contributed by atoms with Gasteiger partial charge in [-0.15, -0.1) is 6.58 Å². The number of allylic oxidation sites excluding steroid dienone is 2. The van der Waals surface area contributed by atoms with Gasteiger partial charge in [-0.05, 0) is 57.5 Å². The van der Waals surface area contributed by atoms with Gasteiger partial charge in [0.25, 0.3) is 0 Å². The number of hydrogen-bond acceptors (Lipinski definition) is 7. The molecular weight excluding hydrogens is 561 g/mol. The van der Waals surface area contributed by atoms with E-state index in [0.717, 1.165) is 33.0 Å². The summed E-state index contributed by atoms with van der Waals surface area (Å²) in [6.07, 6.45) is 9.76. The highest BCUT2D eigenvalue weighted by atomic mass is 16.3. The molecule has 6 rings (SSSR count). The lowest BCUT2D eigenvalue weighted by Gasteiger charge is -2.17. The first-order valence-electron chi connectivity index (χ1n) is 14.5. The molecule has 0 radical (unpaired) electrons. The van der Waals surface area contributed by atoms with Crippen molar-refractivity contribution in [3.8, 4) is 56.8 Å². The van der Waals surface area contributed by atoms with E-state index in [4.69, 9.17) is 9.97 Å². The maximum absolute atomic E-state index is 11.0. The second kappa shape index (κ2) is 12.4. The summed E-state index contributed by atoms with van der Waals surface area (Å²) in [6.45, 7) is 3.94. The Hall–Kier alpha value is -5.89. The van der Waals surface area contributed by atoms with E-state index >= 15 is 0 Å². The van der Waals surface area contributed by atoms with Crippen molar-refractivity contribution in [1.29, 1.82) is 0 Å². The minimum absolute atomic E-state index is 0.00435. The molecule has 45 heavy (non-hydrogen) atoms. The maximum atomic E-state index is 11.0. The predicted molar refractivity (Wildman–Crippen MR) is 182 cm³/mol. The van der Waals surface area contributed by atoms with Crippen LogP contribution in [0.3, 0.4) is 0 Å². The van der Waals surface area contributed by atoms with Crippen molar-refractivity contribution < 1.29 is 20.4 Å². The molecule has 0 saturated carbocycles. The van der Waals surface area contributed by atoms with Crippen LogP contribution in [0.4, 0.5) is 0 Å². The van der Waals surface area contributed by atoms with E-state index in [0.29, 0.717) is 17.8 Å². The van der Waals surface area contributed by atoms with Crippen LogP contribution in [-0.4, -0.2) is 43.2 Å². The number of nitrogens with zero attached hydrogens (tertiary/aromatic N) is 3. The van der Waals surface area contributed by atoms with E-state index < -0.39 is 23.0 Å². The zero-order chi connectivity index (χ0) is 31.5. The first-order valence-corrected chi connectivity index (χ1v) is 14.5. The normalized spacial score (nSPS) is 12.0. The number of phenols is 4. The second-order valence-corrected chi connectivity index (χ2v) is 10.8. The minimum Gasteiger partial charge on any atom is -0.507 e. The lowest BCUT2D eigenvalue weighted by Crippen LogP contribution is -2.08. The smallest absolute Gasteiger partial charge is 0.200 e. The van der Waals surface area contributed by atoms with E-state index in [2.05, 4.69) is 35.8 Å². The second-order valence-electron chi connectivity index (χ2n) is 10.8. The molecule has 0 amide bonds. The van der Waals surface area contributed by atoms with Gasteiger partial charge in [-0.25, -0.2) is 9.97 Å². The molecular formula is C37H30BN3O4. The number of hydrogen-bond donors (Lipinski definition) is 4. The van der Waals surface area contributed by atoms with Crippen molar-refractivity contribution in [1.82, 2.24) is 15.0 Å². The Bertz CT molecular complexity index is 2040. The Balaban J connectivity index is 1.55. The van der Waals surface area contributed by atoms with Crippen LogP contribution in [0, 0.1) is 0 Å². The molecule has 7 nitrogen and oxygen atoms in total. The lowest BCUT2D eigenvalue weighted by molar-refractivity contribution is 0.365. The molecule has 0 aliphatic rings. The molecule has 6 aromatic rings. The molecule has 2 aromatic heterocycles. The van der Waals surface area contributed by atoms with Crippen LogP contribution in [-0.2, 0) is 0 Å². The fraction of sp³-hybridized carbons (Fsp3) is 0.0541. The highest BCUT2D eigenvalue weighted by Crippen LogP contribution is 2.46. The van der Waals surface area contributed by atoms with Crippen LogP contribution in [0.25, 0.3) is 50.6 Å². The fourth-order valence-electron chi connectivity index (χ4n) is 5.45. The van der Waals surface area contributed by atoms with Gasteiger partial charge in [0.2, 0.25) is 5.75 Å². The average Bonchev–Trinajstić information content (AvgIpc) is 3.08. The van der Waals surface area contributed by atoms with Crippen LogP contribution in [0.2, 0.25) is 0 Å². The van der Waals surface area contributed by atoms with E-state index in [-0.39, 0.29) is 22.8 Å². The van der Waals surface area contributed by atoms with Gasteiger partial charge in [-0.2, -0.15) is 0 Å². The van der Waals surface area contributed by atoms with E-state index in [1.54, 1.807) is 18.5 Å². The highest BCUT2D eigenvalue weighted by molar-refractivity contribution is 6.37. The fourth-order valence-corrected chi connectivity index (χ4v) is 5.45. The van der Waals surface area contributed by atoms with Crippen molar-refractivity contribution in [2.75, 3.05) is 0 Å². The summed E-state index contributed by atoms with van der Waals surface area (Å²) in [5.41, 5.74) is 4.74. The van der Waals surface area contributed by atoms with Gasteiger partial charge < -0.3 is 20.4 Å². The summed E-state index contributed by atoms with van der Waals surface area (Å²) in [5.74, 6) is -2.77. The minimum atomic E-state index is -0.757. The molecule has 2 heterocycles. The van der Waals surface area contributed by atoms with Crippen LogP contribution < -0.4 is 5.46 Å². The molecule has 0 saturated heterocycles. The number of aromatic nitrogens is 3. The third-order valence-corrected chi connectivity index (χ3v) is 7.87. The van der Waals surface area contributed by atoms with Crippen LogP contribution in [0.15, 0.2) is 116 Å². The zero-order valence-corrected chi connectivity index (χ0v) is 24.6. The first kappa shape index (κ1) is 29.2. The SMILES string of the molecule is Bc1c(O)c(O)c(O)c(-c2nc(-c3cccc(-c4cccc5ccccc45)c3)cc(C(/C=C/c3cccnc3)CC=C)n2)c1O. The topological polar surface area (TPSA) is 120 Å². The van der Waals surface area contributed by atoms with Gasteiger partial charge in [0.15, 0.2) is 17.3 Å². The third kappa shape index (κ3) is 5.73. The Kier molecular flexibility index (Phi) is 8.03. The van der Waals surface area contributed by atoms with Crippen molar-refractivity contribution in [2.24, 2.45) is 0 Å². The first-order chi connectivity index (χ1) is 21.9. The van der Waals surface area contributed by atoms with E-state index in [9.17, 15) is 20.4 Å². The summed E-state index contributed by atoms with van der Waals surface area (Å²) >= 11 is 0. The predicted octanol–water partition coefficient (Wildman–Crippen LogP) is 6.48. The lowest BCUT2D eigenvalue weighted by atomic mass is 9.89. The Morgan fingerprint density at radius 3 is 2.36 bits per heavy atom. The monoisotopic (exact) mass is 591 g/mol. The molecule has 0 fully saturated rings. The number of benzene rings is 4. The van der Waals surface area contributed by atoms with Crippen molar-refractivity contribution in [2.45, 2.75) is 12.3 Å². The molecule has 1 unspecified atom stereocenters. The van der Waals surface area contributed by atoms with Crippen molar-refractivity contribution in [3.05, 3.63) is 127 Å². The third-order valence-electron chi connectivity index (χ3n) is 7.87. The molecule has 1 atom stereocenters. The summed E-state index contributed by atoms with van der Waals surface area (Å²) < 4.78 is 0. The Morgan fingerprint density at radius 1 is 0.778 bits per heavy atom. The summed E-state index contributed by atoms with van der Waals surface area (Å²) in [6, 6.07) is 28.1. The van der Waals surface area contributed by atoms with Gasteiger partial charge in [-0.1, -0.05) is 85.0 Å². The van der Waals surface area contributed by atoms with Crippen molar-refractivity contribution >= 4 is 30.2 Å². The number of phenolic OH excluding ortho intramolecular Hbond substituents is 4.